The molecule has 0 radical (unpaired) electrons. The number of rotatable bonds is 5. The number of nitrogen functional groups attached to an aromatic ring is 1. The van der Waals surface area contributed by atoms with Crippen LogP contribution < -0.4 is 10.5 Å². The van der Waals surface area contributed by atoms with Crippen LogP contribution >= 0.6 is 0 Å². The number of aromatic nitrogens is 1. The maximum atomic E-state index is 12.4. The molecule has 24 heavy (non-hydrogen) atoms. The summed E-state index contributed by atoms with van der Waals surface area (Å²) < 4.78 is 5.76. The normalized spacial score (nSPS) is 23.5. The minimum atomic E-state index is -0.347. The summed E-state index contributed by atoms with van der Waals surface area (Å²) in [5.74, 6) is -0.452. The topological polar surface area (TPSA) is 85.5 Å². The standard InChI is InChI=1S/C18H21N3O3/c1-11-9-16(20-10-15(11)19)24-12(2)7-8-21-17(22)13-5-3-4-6-14(13)18(21)23/h3-6,9-10,12-14H,7-8,19H2,1-2H3/t12-,13?,14?/m1/s1. The highest BCUT2D eigenvalue weighted by Gasteiger charge is 2.45. The third kappa shape index (κ3) is 3.04. The molecule has 6 heteroatoms. The Morgan fingerprint density at radius 1 is 1.25 bits per heavy atom. The molecule has 3 rings (SSSR count). The van der Waals surface area contributed by atoms with E-state index in [4.69, 9.17) is 10.5 Å². The van der Waals surface area contributed by atoms with Crippen LogP contribution in [0, 0.1) is 18.8 Å². The summed E-state index contributed by atoms with van der Waals surface area (Å²) in [6, 6.07) is 1.78. The molecule has 1 aliphatic heterocycles. The molecule has 3 atom stereocenters. The van der Waals surface area contributed by atoms with E-state index in [9.17, 15) is 9.59 Å². The van der Waals surface area contributed by atoms with E-state index in [1.165, 1.54) is 4.90 Å². The van der Waals surface area contributed by atoms with Gasteiger partial charge in [-0.25, -0.2) is 4.98 Å². The molecule has 2 amide bonds. The molecule has 2 N–H and O–H groups in total. The third-order valence-electron chi connectivity index (χ3n) is 4.44. The Hall–Kier alpha value is -2.63. The largest absolute Gasteiger partial charge is 0.475 e. The number of hydrogen-bond donors (Lipinski definition) is 1. The van der Waals surface area contributed by atoms with E-state index in [1.54, 1.807) is 24.4 Å². The van der Waals surface area contributed by atoms with E-state index in [-0.39, 0.29) is 29.8 Å². The smallest absolute Gasteiger partial charge is 0.237 e. The molecule has 2 unspecified atom stereocenters. The van der Waals surface area contributed by atoms with Crippen molar-refractivity contribution in [2.45, 2.75) is 26.4 Å². The predicted octanol–water partition coefficient (Wildman–Crippen LogP) is 1.86. The number of amides is 2. The Kier molecular flexibility index (Phi) is 4.38. The van der Waals surface area contributed by atoms with Crippen LogP contribution in [-0.4, -0.2) is 34.3 Å². The van der Waals surface area contributed by atoms with Crippen molar-refractivity contribution >= 4 is 17.5 Å². The summed E-state index contributed by atoms with van der Waals surface area (Å²) in [5, 5.41) is 0. The number of nitrogens with two attached hydrogens (primary N) is 1. The fraction of sp³-hybridized carbons (Fsp3) is 0.389. The van der Waals surface area contributed by atoms with Gasteiger partial charge in [-0.05, 0) is 19.4 Å². The fourth-order valence-corrected chi connectivity index (χ4v) is 2.95. The minimum Gasteiger partial charge on any atom is -0.475 e. The zero-order valence-electron chi connectivity index (χ0n) is 13.8. The van der Waals surface area contributed by atoms with Crippen LogP contribution in [0.1, 0.15) is 18.9 Å². The average molecular weight is 327 g/mol. The molecule has 0 bridgehead atoms. The number of carbonyl (C=O) groups is 2. The molecule has 2 aliphatic rings. The number of fused-ring (bicyclic) bond motifs is 1. The minimum absolute atomic E-state index is 0.126. The number of hydrogen-bond acceptors (Lipinski definition) is 5. The van der Waals surface area contributed by atoms with Gasteiger partial charge in [-0.15, -0.1) is 0 Å². The van der Waals surface area contributed by atoms with Gasteiger partial charge in [0, 0.05) is 19.0 Å². The zero-order chi connectivity index (χ0) is 17.3. The summed E-state index contributed by atoms with van der Waals surface area (Å²) in [6.07, 6.45) is 9.17. The van der Waals surface area contributed by atoms with Crippen LogP contribution in [0.4, 0.5) is 5.69 Å². The second-order valence-electron chi connectivity index (χ2n) is 6.25. The molecule has 1 aromatic rings. The Morgan fingerprint density at radius 3 is 2.46 bits per heavy atom. The zero-order valence-corrected chi connectivity index (χ0v) is 13.8. The van der Waals surface area contributed by atoms with E-state index >= 15 is 0 Å². The second kappa shape index (κ2) is 6.47. The van der Waals surface area contributed by atoms with Crippen molar-refractivity contribution in [2.75, 3.05) is 12.3 Å². The molecule has 0 spiro atoms. The quantitative estimate of drug-likeness (QED) is 0.834. The first-order valence-corrected chi connectivity index (χ1v) is 8.06. The van der Waals surface area contributed by atoms with Gasteiger partial charge < -0.3 is 10.5 Å². The average Bonchev–Trinajstić information content (AvgIpc) is 2.81. The van der Waals surface area contributed by atoms with Crippen LogP contribution in [0.15, 0.2) is 36.6 Å². The molecular formula is C18H21N3O3. The maximum Gasteiger partial charge on any atom is 0.237 e. The molecule has 0 aromatic carbocycles. The van der Waals surface area contributed by atoms with Crippen LogP contribution in [0.25, 0.3) is 0 Å². The van der Waals surface area contributed by atoms with Gasteiger partial charge in [-0.1, -0.05) is 24.3 Å². The van der Waals surface area contributed by atoms with Crippen molar-refractivity contribution < 1.29 is 14.3 Å². The molecule has 126 valence electrons. The van der Waals surface area contributed by atoms with Gasteiger partial charge in [0.05, 0.1) is 29.8 Å². The molecule has 1 aromatic heterocycles. The number of carbonyl (C=O) groups excluding carboxylic acids is 2. The highest BCUT2D eigenvalue weighted by molar-refractivity contribution is 6.07. The van der Waals surface area contributed by atoms with Crippen molar-refractivity contribution in [3.63, 3.8) is 0 Å². The third-order valence-corrected chi connectivity index (χ3v) is 4.44. The van der Waals surface area contributed by atoms with Crippen LogP contribution in [0.2, 0.25) is 0 Å². The summed E-state index contributed by atoms with van der Waals surface area (Å²) in [7, 11) is 0. The number of imide groups is 1. The summed E-state index contributed by atoms with van der Waals surface area (Å²) in [4.78, 5) is 30.2. The van der Waals surface area contributed by atoms with Gasteiger partial charge in [-0.3, -0.25) is 14.5 Å². The summed E-state index contributed by atoms with van der Waals surface area (Å²) in [6.45, 7) is 4.13. The molecule has 1 aliphatic carbocycles. The summed E-state index contributed by atoms with van der Waals surface area (Å²) >= 11 is 0. The Bertz CT molecular complexity index is 696. The second-order valence-corrected chi connectivity index (χ2v) is 6.25. The number of allylic oxidation sites excluding steroid dienone is 2. The lowest BCUT2D eigenvalue weighted by Gasteiger charge is -2.19. The summed E-state index contributed by atoms with van der Waals surface area (Å²) in [5.41, 5.74) is 7.26. The van der Waals surface area contributed by atoms with E-state index in [0.29, 0.717) is 24.5 Å². The van der Waals surface area contributed by atoms with E-state index in [0.717, 1.165) is 5.56 Å². The molecular weight excluding hydrogens is 306 g/mol. The molecule has 1 saturated heterocycles. The molecule has 1 fully saturated rings. The number of pyridine rings is 1. The lowest BCUT2D eigenvalue weighted by atomic mass is 9.91. The lowest BCUT2D eigenvalue weighted by Crippen LogP contribution is -2.34. The highest BCUT2D eigenvalue weighted by atomic mass is 16.5. The van der Waals surface area contributed by atoms with Crippen molar-refractivity contribution in [1.82, 2.24) is 9.88 Å². The Balaban J connectivity index is 1.58. The lowest BCUT2D eigenvalue weighted by molar-refractivity contribution is -0.139. The Labute approximate surface area is 141 Å². The van der Waals surface area contributed by atoms with Crippen molar-refractivity contribution in [3.8, 4) is 5.88 Å². The number of likely N-dealkylation sites (tertiary alicyclic amines) is 1. The van der Waals surface area contributed by atoms with Gasteiger partial charge in [0.1, 0.15) is 0 Å². The SMILES string of the molecule is Cc1cc(O[C@H](C)CCN2C(=O)C3C=CC=CC3C2=O)ncc1N. The van der Waals surface area contributed by atoms with Gasteiger partial charge >= 0.3 is 0 Å². The molecule has 6 nitrogen and oxygen atoms in total. The van der Waals surface area contributed by atoms with E-state index < -0.39 is 0 Å². The van der Waals surface area contributed by atoms with Crippen LogP contribution in [0.3, 0.4) is 0 Å². The highest BCUT2D eigenvalue weighted by Crippen LogP contribution is 2.31. The van der Waals surface area contributed by atoms with Crippen molar-refractivity contribution in [2.24, 2.45) is 11.8 Å². The first-order valence-electron chi connectivity index (χ1n) is 8.06. The van der Waals surface area contributed by atoms with Gasteiger partial charge in [-0.2, -0.15) is 0 Å². The van der Waals surface area contributed by atoms with E-state index in [2.05, 4.69) is 4.98 Å². The maximum absolute atomic E-state index is 12.4. The van der Waals surface area contributed by atoms with Crippen molar-refractivity contribution in [3.05, 3.63) is 42.1 Å². The van der Waals surface area contributed by atoms with Gasteiger partial charge in [0.2, 0.25) is 17.7 Å². The molecule has 0 saturated carbocycles. The number of aryl methyl sites for hydroxylation is 1. The number of anilines is 1. The van der Waals surface area contributed by atoms with Gasteiger partial charge in [0.15, 0.2) is 0 Å². The Morgan fingerprint density at radius 2 is 1.88 bits per heavy atom. The van der Waals surface area contributed by atoms with Crippen LogP contribution in [-0.2, 0) is 9.59 Å². The fourth-order valence-electron chi connectivity index (χ4n) is 2.95. The van der Waals surface area contributed by atoms with Crippen molar-refractivity contribution in [1.29, 1.82) is 0 Å². The first kappa shape index (κ1) is 16.2. The van der Waals surface area contributed by atoms with Gasteiger partial charge in [0.25, 0.3) is 0 Å². The number of nitrogens with zero attached hydrogens (tertiary/aromatic N) is 2. The van der Waals surface area contributed by atoms with Crippen LogP contribution in [0.5, 0.6) is 5.88 Å². The first-order chi connectivity index (χ1) is 11.5. The molecule has 2 heterocycles. The number of ether oxygens (including phenoxy) is 1. The monoisotopic (exact) mass is 327 g/mol. The predicted molar refractivity (Wildman–Crippen MR) is 90.1 cm³/mol. The van der Waals surface area contributed by atoms with E-state index in [1.807, 2.05) is 26.0 Å².